The molecule has 0 radical (unpaired) electrons. The van der Waals surface area contributed by atoms with Crippen molar-refractivity contribution in [3.8, 4) is 0 Å². The number of H-pyrrole nitrogens is 2. The molecule has 1 amide bonds. The molecule has 0 bridgehead atoms. The standard InChI is InChI=1S/C14H9F2N3O2/c15-9-3-1-2-8(12(9)16)13(20)17-7-4-5-10-11(6-7)19-14(21)18-10/h1-6H,(H,17,20)(H2,18,19,21). The normalized spacial score (nSPS) is 10.8. The van der Waals surface area contributed by atoms with E-state index in [4.69, 9.17) is 0 Å². The van der Waals surface area contributed by atoms with E-state index in [0.717, 1.165) is 6.07 Å². The quantitative estimate of drug-likeness (QED) is 0.677. The Balaban J connectivity index is 1.92. The minimum absolute atomic E-state index is 0.353. The molecule has 0 aliphatic heterocycles. The Bertz CT molecular complexity index is 899. The molecule has 0 unspecified atom stereocenters. The molecule has 0 aliphatic rings. The van der Waals surface area contributed by atoms with E-state index in [9.17, 15) is 18.4 Å². The maximum atomic E-state index is 13.5. The molecular weight excluding hydrogens is 280 g/mol. The predicted molar refractivity (Wildman–Crippen MR) is 73.2 cm³/mol. The van der Waals surface area contributed by atoms with Gasteiger partial charge in [-0.15, -0.1) is 0 Å². The second-order valence-corrected chi connectivity index (χ2v) is 4.39. The number of fused-ring (bicyclic) bond motifs is 1. The van der Waals surface area contributed by atoms with Gasteiger partial charge in [-0.3, -0.25) is 4.79 Å². The van der Waals surface area contributed by atoms with Crippen molar-refractivity contribution in [2.24, 2.45) is 0 Å². The van der Waals surface area contributed by atoms with Gasteiger partial charge in [-0.25, -0.2) is 13.6 Å². The number of anilines is 1. The summed E-state index contributed by atoms with van der Waals surface area (Å²) in [7, 11) is 0. The second-order valence-electron chi connectivity index (χ2n) is 4.39. The van der Waals surface area contributed by atoms with E-state index < -0.39 is 23.1 Å². The zero-order valence-corrected chi connectivity index (χ0v) is 10.5. The van der Waals surface area contributed by atoms with Crippen molar-refractivity contribution in [2.75, 3.05) is 5.32 Å². The summed E-state index contributed by atoms with van der Waals surface area (Å²) in [6, 6.07) is 8.02. The minimum Gasteiger partial charge on any atom is -0.322 e. The van der Waals surface area contributed by atoms with Gasteiger partial charge in [0.25, 0.3) is 5.91 Å². The number of imidazole rings is 1. The number of carbonyl (C=O) groups excluding carboxylic acids is 1. The molecule has 0 saturated carbocycles. The predicted octanol–water partition coefficient (Wildman–Crippen LogP) is 2.39. The highest BCUT2D eigenvalue weighted by molar-refractivity contribution is 6.05. The summed E-state index contributed by atoms with van der Waals surface area (Å²) in [6.07, 6.45) is 0. The molecule has 106 valence electrons. The molecule has 7 heteroatoms. The third-order valence-electron chi connectivity index (χ3n) is 2.97. The molecule has 0 fully saturated rings. The van der Waals surface area contributed by atoms with Crippen molar-refractivity contribution in [3.63, 3.8) is 0 Å². The van der Waals surface area contributed by atoms with Crippen LogP contribution in [-0.2, 0) is 0 Å². The zero-order valence-electron chi connectivity index (χ0n) is 10.5. The van der Waals surface area contributed by atoms with Crippen LogP contribution in [0.3, 0.4) is 0 Å². The molecule has 0 aliphatic carbocycles. The number of nitrogens with one attached hydrogen (secondary N) is 3. The van der Waals surface area contributed by atoms with E-state index in [1.165, 1.54) is 18.2 Å². The number of hydrogen-bond donors (Lipinski definition) is 3. The Morgan fingerprint density at radius 3 is 2.62 bits per heavy atom. The van der Waals surface area contributed by atoms with Crippen LogP contribution in [0.2, 0.25) is 0 Å². The lowest BCUT2D eigenvalue weighted by molar-refractivity contribution is 0.102. The van der Waals surface area contributed by atoms with Crippen LogP contribution < -0.4 is 11.0 Å². The summed E-state index contributed by atoms with van der Waals surface area (Å²) in [4.78, 5) is 28.2. The van der Waals surface area contributed by atoms with Crippen molar-refractivity contribution in [2.45, 2.75) is 0 Å². The SMILES string of the molecule is O=C(Nc1ccc2[nH]c(=O)[nH]c2c1)c1cccc(F)c1F. The Labute approximate surface area is 116 Å². The lowest BCUT2D eigenvalue weighted by atomic mass is 10.2. The highest BCUT2D eigenvalue weighted by atomic mass is 19.2. The fraction of sp³-hybridized carbons (Fsp3) is 0. The first kappa shape index (κ1) is 13.0. The van der Waals surface area contributed by atoms with Gasteiger partial charge in [0.05, 0.1) is 16.6 Å². The second kappa shape index (κ2) is 4.86. The lowest BCUT2D eigenvalue weighted by Crippen LogP contribution is -2.14. The molecule has 5 nitrogen and oxygen atoms in total. The first-order chi connectivity index (χ1) is 10.0. The van der Waals surface area contributed by atoms with Crippen LogP contribution in [0.15, 0.2) is 41.2 Å². The van der Waals surface area contributed by atoms with Gasteiger partial charge >= 0.3 is 5.69 Å². The monoisotopic (exact) mass is 289 g/mol. The molecule has 3 N–H and O–H groups in total. The van der Waals surface area contributed by atoms with Gasteiger partial charge < -0.3 is 15.3 Å². The van der Waals surface area contributed by atoms with E-state index in [-0.39, 0.29) is 5.69 Å². The van der Waals surface area contributed by atoms with Gasteiger partial charge in [0, 0.05) is 5.69 Å². The Kier molecular flexibility index (Phi) is 3.02. The third kappa shape index (κ3) is 2.40. The smallest absolute Gasteiger partial charge is 0.322 e. The number of carbonyl (C=O) groups is 1. The van der Waals surface area contributed by atoms with Crippen LogP contribution >= 0.6 is 0 Å². The molecule has 3 rings (SSSR count). The van der Waals surface area contributed by atoms with Crippen LogP contribution in [0.25, 0.3) is 11.0 Å². The summed E-state index contributed by atoms with van der Waals surface area (Å²) in [5, 5.41) is 2.45. The van der Waals surface area contributed by atoms with Gasteiger partial charge in [-0.1, -0.05) is 6.07 Å². The van der Waals surface area contributed by atoms with Crippen LogP contribution in [0.4, 0.5) is 14.5 Å². The summed E-state index contributed by atoms with van der Waals surface area (Å²) in [6.45, 7) is 0. The summed E-state index contributed by atoms with van der Waals surface area (Å²) in [5.41, 5.74) is 0.668. The van der Waals surface area contributed by atoms with E-state index in [0.29, 0.717) is 16.7 Å². The van der Waals surface area contributed by atoms with E-state index in [1.54, 1.807) is 12.1 Å². The van der Waals surface area contributed by atoms with Crippen molar-refractivity contribution in [1.82, 2.24) is 9.97 Å². The maximum Gasteiger partial charge on any atom is 0.323 e. The van der Waals surface area contributed by atoms with Crippen LogP contribution in [0, 0.1) is 11.6 Å². The molecule has 21 heavy (non-hydrogen) atoms. The van der Waals surface area contributed by atoms with Crippen molar-refractivity contribution >= 4 is 22.6 Å². The molecular formula is C14H9F2N3O2. The Morgan fingerprint density at radius 1 is 1.05 bits per heavy atom. The van der Waals surface area contributed by atoms with E-state index >= 15 is 0 Å². The molecule has 1 aromatic heterocycles. The van der Waals surface area contributed by atoms with Crippen molar-refractivity contribution in [3.05, 3.63) is 64.1 Å². The van der Waals surface area contributed by atoms with Gasteiger partial charge in [-0.2, -0.15) is 0 Å². The average molecular weight is 289 g/mol. The Hall–Kier alpha value is -2.96. The van der Waals surface area contributed by atoms with Gasteiger partial charge in [0.2, 0.25) is 0 Å². The van der Waals surface area contributed by atoms with Crippen LogP contribution in [0.1, 0.15) is 10.4 Å². The first-order valence-corrected chi connectivity index (χ1v) is 6.02. The molecule has 0 atom stereocenters. The van der Waals surface area contributed by atoms with Crippen molar-refractivity contribution in [1.29, 1.82) is 0 Å². The van der Waals surface area contributed by atoms with E-state index in [2.05, 4.69) is 15.3 Å². The zero-order chi connectivity index (χ0) is 15.0. The van der Waals surface area contributed by atoms with Gasteiger partial charge in [0.1, 0.15) is 0 Å². The minimum atomic E-state index is -1.20. The summed E-state index contributed by atoms with van der Waals surface area (Å²) >= 11 is 0. The highest BCUT2D eigenvalue weighted by Crippen LogP contribution is 2.17. The average Bonchev–Trinajstić information content (AvgIpc) is 2.81. The van der Waals surface area contributed by atoms with Crippen LogP contribution in [0.5, 0.6) is 0 Å². The number of aromatic amines is 2. The number of benzene rings is 2. The molecule has 3 aromatic rings. The number of amides is 1. The number of hydrogen-bond acceptors (Lipinski definition) is 2. The summed E-state index contributed by atoms with van der Waals surface area (Å²) in [5.74, 6) is -3.07. The van der Waals surface area contributed by atoms with Crippen molar-refractivity contribution < 1.29 is 13.6 Å². The largest absolute Gasteiger partial charge is 0.323 e. The van der Waals surface area contributed by atoms with E-state index in [1.807, 2.05) is 0 Å². The summed E-state index contributed by atoms with van der Waals surface area (Å²) < 4.78 is 26.6. The van der Waals surface area contributed by atoms with Crippen LogP contribution in [-0.4, -0.2) is 15.9 Å². The van der Waals surface area contributed by atoms with Gasteiger partial charge in [-0.05, 0) is 30.3 Å². The fourth-order valence-electron chi connectivity index (χ4n) is 1.99. The lowest BCUT2D eigenvalue weighted by Gasteiger charge is -2.06. The number of rotatable bonds is 2. The molecule has 0 saturated heterocycles. The molecule has 0 spiro atoms. The van der Waals surface area contributed by atoms with Gasteiger partial charge in [0.15, 0.2) is 11.6 Å². The number of aromatic nitrogens is 2. The number of halogens is 2. The maximum absolute atomic E-state index is 13.5. The highest BCUT2D eigenvalue weighted by Gasteiger charge is 2.15. The topological polar surface area (TPSA) is 77.8 Å². The molecule has 1 heterocycles. The third-order valence-corrected chi connectivity index (χ3v) is 2.97. The fourth-order valence-corrected chi connectivity index (χ4v) is 1.99. The first-order valence-electron chi connectivity index (χ1n) is 6.02. The molecule has 2 aromatic carbocycles. The Morgan fingerprint density at radius 2 is 1.81 bits per heavy atom.